The van der Waals surface area contributed by atoms with Crippen LogP contribution in [0, 0.1) is 0 Å². The highest BCUT2D eigenvalue weighted by atomic mass is 32.2. The van der Waals surface area contributed by atoms with Gasteiger partial charge in [-0.05, 0) is 29.5 Å². The molecule has 2 rings (SSSR count). The second kappa shape index (κ2) is 4.06. The van der Waals surface area contributed by atoms with E-state index in [2.05, 4.69) is 5.32 Å². The maximum atomic E-state index is 12.1. The number of hydrogen-bond donors (Lipinski definition) is 1. The van der Waals surface area contributed by atoms with E-state index in [0.717, 1.165) is 18.7 Å². The van der Waals surface area contributed by atoms with Gasteiger partial charge in [0.25, 0.3) is 0 Å². The summed E-state index contributed by atoms with van der Waals surface area (Å²) >= 11 is -0.0535. The summed E-state index contributed by atoms with van der Waals surface area (Å²) in [6, 6.07) is 6.69. The van der Waals surface area contributed by atoms with Crippen LogP contribution in [0.15, 0.2) is 29.2 Å². The summed E-state index contributed by atoms with van der Waals surface area (Å²) < 4.78 is 36.4. The van der Waals surface area contributed by atoms with E-state index < -0.39 is 5.51 Å². The number of halogens is 3. The van der Waals surface area contributed by atoms with Gasteiger partial charge in [0.15, 0.2) is 0 Å². The highest BCUT2D eigenvalue weighted by Crippen LogP contribution is 2.37. The number of alkyl halides is 3. The van der Waals surface area contributed by atoms with E-state index in [1.54, 1.807) is 12.1 Å². The molecule has 0 unspecified atom stereocenters. The van der Waals surface area contributed by atoms with Crippen LogP contribution < -0.4 is 5.32 Å². The summed E-state index contributed by atoms with van der Waals surface area (Å²) in [5, 5.41) is 3.10. The van der Waals surface area contributed by atoms with Gasteiger partial charge < -0.3 is 5.32 Å². The van der Waals surface area contributed by atoms with Crippen LogP contribution in [0.2, 0.25) is 0 Å². The summed E-state index contributed by atoms with van der Waals surface area (Å²) in [4.78, 5) is 0.270. The third kappa shape index (κ3) is 2.89. The third-order valence-electron chi connectivity index (χ3n) is 2.34. The van der Waals surface area contributed by atoms with Gasteiger partial charge in [-0.3, -0.25) is 0 Å². The first kappa shape index (κ1) is 10.8. The van der Waals surface area contributed by atoms with Crippen LogP contribution in [-0.2, 0) is 0 Å². The molecule has 1 aromatic carbocycles. The molecule has 1 aromatic rings. The Balaban J connectivity index is 2.11. The van der Waals surface area contributed by atoms with Gasteiger partial charge in [-0.2, -0.15) is 13.2 Å². The molecule has 1 N–H and O–H groups in total. The van der Waals surface area contributed by atoms with Gasteiger partial charge in [-0.25, -0.2) is 0 Å². The van der Waals surface area contributed by atoms with Gasteiger partial charge in [0.05, 0.1) is 0 Å². The second-order valence-corrected chi connectivity index (χ2v) is 4.61. The lowest BCUT2D eigenvalue weighted by Gasteiger charge is -2.27. The zero-order chi connectivity index (χ0) is 10.9. The van der Waals surface area contributed by atoms with Gasteiger partial charge in [0.1, 0.15) is 0 Å². The minimum Gasteiger partial charge on any atom is -0.315 e. The molecule has 0 radical (unpaired) electrons. The van der Waals surface area contributed by atoms with Gasteiger partial charge in [0.2, 0.25) is 0 Å². The van der Waals surface area contributed by atoms with Gasteiger partial charge in [-0.15, -0.1) is 0 Å². The summed E-state index contributed by atoms with van der Waals surface area (Å²) in [7, 11) is 0. The molecule has 1 nitrogen and oxygen atoms in total. The van der Waals surface area contributed by atoms with Crippen LogP contribution in [0.1, 0.15) is 11.5 Å². The molecule has 1 aliphatic heterocycles. The Bertz CT molecular complexity index is 347. The van der Waals surface area contributed by atoms with Gasteiger partial charge in [-0.1, -0.05) is 12.1 Å². The van der Waals surface area contributed by atoms with E-state index >= 15 is 0 Å². The van der Waals surface area contributed by atoms with Crippen molar-refractivity contribution in [1.29, 1.82) is 0 Å². The Hall–Kier alpha value is -0.680. The molecule has 1 fully saturated rings. The molecule has 1 heterocycles. The molecular formula is C10H10F3NS. The lowest BCUT2D eigenvalue weighted by molar-refractivity contribution is -0.0328. The van der Waals surface area contributed by atoms with Crippen LogP contribution in [0.5, 0.6) is 0 Å². The van der Waals surface area contributed by atoms with Crippen molar-refractivity contribution in [3.63, 3.8) is 0 Å². The summed E-state index contributed by atoms with van der Waals surface area (Å²) in [5.74, 6) is 0.374. The second-order valence-electron chi connectivity index (χ2n) is 3.48. The fraction of sp³-hybridized carbons (Fsp3) is 0.400. The molecule has 0 spiro atoms. The Morgan fingerprint density at radius 1 is 1.27 bits per heavy atom. The molecule has 5 heteroatoms. The first-order valence-electron chi connectivity index (χ1n) is 4.61. The lowest BCUT2D eigenvalue weighted by Crippen LogP contribution is -2.39. The summed E-state index contributed by atoms with van der Waals surface area (Å²) in [6.45, 7) is 1.72. The molecule has 0 aliphatic carbocycles. The van der Waals surface area contributed by atoms with Crippen molar-refractivity contribution in [3.8, 4) is 0 Å². The fourth-order valence-electron chi connectivity index (χ4n) is 1.49. The van der Waals surface area contributed by atoms with Crippen LogP contribution in [0.3, 0.4) is 0 Å². The SMILES string of the molecule is FC(F)(F)Sc1cccc(C2CNC2)c1. The highest BCUT2D eigenvalue weighted by molar-refractivity contribution is 8.00. The van der Waals surface area contributed by atoms with E-state index in [-0.39, 0.29) is 16.7 Å². The van der Waals surface area contributed by atoms with Crippen LogP contribution in [0.4, 0.5) is 13.2 Å². The first-order chi connectivity index (χ1) is 7.04. The van der Waals surface area contributed by atoms with E-state index in [0.29, 0.717) is 5.92 Å². The minimum atomic E-state index is -4.20. The number of nitrogens with one attached hydrogen (secondary N) is 1. The van der Waals surface area contributed by atoms with Crippen molar-refractivity contribution in [1.82, 2.24) is 5.32 Å². The van der Waals surface area contributed by atoms with Crippen LogP contribution >= 0.6 is 11.8 Å². The van der Waals surface area contributed by atoms with Crippen molar-refractivity contribution >= 4 is 11.8 Å². The largest absolute Gasteiger partial charge is 0.446 e. The average Bonchev–Trinajstić information content (AvgIpc) is 1.97. The standard InChI is InChI=1S/C10H10F3NS/c11-10(12,13)15-9-3-1-2-7(4-9)8-5-14-6-8/h1-4,8,14H,5-6H2. The zero-order valence-electron chi connectivity index (χ0n) is 7.84. The van der Waals surface area contributed by atoms with Crippen LogP contribution in [-0.4, -0.2) is 18.6 Å². The number of hydrogen-bond acceptors (Lipinski definition) is 2. The highest BCUT2D eigenvalue weighted by Gasteiger charge is 2.29. The molecule has 0 atom stereocenters. The van der Waals surface area contributed by atoms with Crippen molar-refractivity contribution in [2.75, 3.05) is 13.1 Å². The lowest BCUT2D eigenvalue weighted by atomic mass is 9.94. The average molecular weight is 233 g/mol. The molecule has 0 amide bonds. The molecule has 0 saturated carbocycles. The predicted octanol–water partition coefficient (Wildman–Crippen LogP) is 2.99. The van der Waals surface area contributed by atoms with E-state index in [1.165, 1.54) is 6.07 Å². The summed E-state index contributed by atoms with van der Waals surface area (Å²) in [5.41, 5.74) is -3.21. The van der Waals surface area contributed by atoms with E-state index in [1.807, 2.05) is 6.07 Å². The van der Waals surface area contributed by atoms with Crippen molar-refractivity contribution in [2.45, 2.75) is 16.3 Å². The Morgan fingerprint density at radius 2 is 2.00 bits per heavy atom. The van der Waals surface area contributed by atoms with Gasteiger partial charge >= 0.3 is 5.51 Å². The monoisotopic (exact) mass is 233 g/mol. The minimum absolute atomic E-state index is 0.0535. The Kier molecular flexibility index (Phi) is 2.93. The fourth-order valence-corrected chi connectivity index (χ4v) is 2.10. The molecule has 1 aliphatic rings. The van der Waals surface area contributed by atoms with Crippen molar-refractivity contribution in [3.05, 3.63) is 29.8 Å². The van der Waals surface area contributed by atoms with E-state index in [4.69, 9.17) is 0 Å². The maximum absolute atomic E-state index is 12.1. The topological polar surface area (TPSA) is 12.0 Å². The zero-order valence-corrected chi connectivity index (χ0v) is 8.66. The first-order valence-corrected chi connectivity index (χ1v) is 5.43. The third-order valence-corrected chi connectivity index (χ3v) is 3.07. The summed E-state index contributed by atoms with van der Waals surface area (Å²) in [6.07, 6.45) is 0. The molecule has 0 aromatic heterocycles. The van der Waals surface area contributed by atoms with Gasteiger partial charge in [0, 0.05) is 23.9 Å². The smallest absolute Gasteiger partial charge is 0.315 e. The quantitative estimate of drug-likeness (QED) is 0.788. The number of benzene rings is 1. The van der Waals surface area contributed by atoms with Crippen molar-refractivity contribution < 1.29 is 13.2 Å². The van der Waals surface area contributed by atoms with Crippen LogP contribution in [0.25, 0.3) is 0 Å². The Labute approximate surface area is 90.1 Å². The molecule has 15 heavy (non-hydrogen) atoms. The predicted molar refractivity (Wildman–Crippen MR) is 54.0 cm³/mol. The molecule has 1 saturated heterocycles. The molecule has 82 valence electrons. The number of thioether (sulfide) groups is 1. The van der Waals surface area contributed by atoms with E-state index in [9.17, 15) is 13.2 Å². The molecule has 0 bridgehead atoms. The normalized spacial score (nSPS) is 17.5. The Morgan fingerprint density at radius 3 is 2.53 bits per heavy atom. The molecular weight excluding hydrogens is 223 g/mol. The number of rotatable bonds is 2. The maximum Gasteiger partial charge on any atom is 0.446 e. The van der Waals surface area contributed by atoms with Crippen molar-refractivity contribution in [2.24, 2.45) is 0 Å².